The Labute approximate surface area is 168 Å². The number of hydrogen-bond donors (Lipinski definition) is 1. The number of nitrogen functional groups attached to an aromatic ring is 1. The quantitative estimate of drug-likeness (QED) is 0.474. The van der Waals surface area contributed by atoms with Gasteiger partial charge in [0.15, 0.2) is 5.82 Å². The van der Waals surface area contributed by atoms with E-state index in [1.165, 1.54) is 11.8 Å². The van der Waals surface area contributed by atoms with Gasteiger partial charge in [0.05, 0.1) is 6.54 Å². The van der Waals surface area contributed by atoms with E-state index in [-0.39, 0.29) is 0 Å². The van der Waals surface area contributed by atoms with Gasteiger partial charge in [-0.2, -0.15) is 0 Å². The third-order valence-corrected chi connectivity index (χ3v) is 5.18. The van der Waals surface area contributed by atoms with Gasteiger partial charge in [-0.05, 0) is 29.8 Å². The van der Waals surface area contributed by atoms with Gasteiger partial charge in [-0.25, -0.2) is 15.0 Å². The summed E-state index contributed by atoms with van der Waals surface area (Å²) in [7, 11) is 0. The molecule has 2 aromatic heterocycles. The SMILES string of the molecule is Nc1c(Sc2ccccc2)ncnc1N(Cc1ccccc1)c1ccccn1. The van der Waals surface area contributed by atoms with Crippen LogP contribution in [0.4, 0.5) is 17.3 Å². The summed E-state index contributed by atoms with van der Waals surface area (Å²) in [5.74, 6) is 1.43. The molecule has 28 heavy (non-hydrogen) atoms. The minimum absolute atomic E-state index is 0.540. The zero-order valence-electron chi connectivity index (χ0n) is 15.1. The Morgan fingerprint density at radius 2 is 1.50 bits per heavy atom. The third kappa shape index (κ3) is 4.13. The highest BCUT2D eigenvalue weighted by atomic mass is 32.2. The lowest BCUT2D eigenvalue weighted by Gasteiger charge is -2.24. The van der Waals surface area contributed by atoms with Crippen molar-refractivity contribution in [2.45, 2.75) is 16.5 Å². The van der Waals surface area contributed by atoms with Gasteiger partial charge < -0.3 is 10.6 Å². The predicted octanol–water partition coefficient (Wildman–Crippen LogP) is 4.94. The molecule has 0 aliphatic rings. The second-order valence-corrected chi connectivity index (χ2v) is 7.15. The number of anilines is 3. The van der Waals surface area contributed by atoms with Crippen LogP contribution < -0.4 is 10.6 Å². The van der Waals surface area contributed by atoms with Crippen molar-refractivity contribution in [2.75, 3.05) is 10.6 Å². The average molecular weight is 385 g/mol. The Hall–Kier alpha value is -3.38. The van der Waals surface area contributed by atoms with Gasteiger partial charge in [0.1, 0.15) is 22.9 Å². The molecule has 2 aromatic carbocycles. The smallest absolute Gasteiger partial charge is 0.162 e. The Balaban J connectivity index is 1.73. The molecule has 0 aliphatic heterocycles. The van der Waals surface area contributed by atoms with Gasteiger partial charge in [0.2, 0.25) is 0 Å². The molecule has 0 spiro atoms. The zero-order chi connectivity index (χ0) is 19.2. The van der Waals surface area contributed by atoms with Crippen LogP contribution in [0.1, 0.15) is 5.56 Å². The van der Waals surface area contributed by atoms with Crippen molar-refractivity contribution in [3.63, 3.8) is 0 Å². The summed E-state index contributed by atoms with van der Waals surface area (Å²) in [6, 6.07) is 26.0. The van der Waals surface area contributed by atoms with E-state index in [1.807, 2.05) is 71.6 Å². The van der Waals surface area contributed by atoms with E-state index in [2.05, 4.69) is 27.1 Å². The number of pyridine rings is 1. The van der Waals surface area contributed by atoms with Crippen molar-refractivity contribution < 1.29 is 0 Å². The van der Waals surface area contributed by atoms with E-state index in [0.717, 1.165) is 21.3 Å². The maximum absolute atomic E-state index is 6.51. The Kier molecular flexibility index (Phi) is 5.49. The fourth-order valence-electron chi connectivity index (χ4n) is 2.81. The highest BCUT2D eigenvalue weighted by Gasteiger charge is 2.19. The molecule has 4 aromatic rings. The summed E-state index contributed by atoms with van der Waals surface area (Å²) >= 11 is 1.52. The zero-order valence-corrected chi connectivity index (χ0v) is 16.0. The molecule has 4 rings (SSSR count). The number of hydrogen-bond acceptors (Lipinski definition) is 6. The largest absolute Gasteiger partial charge is 0.394 e. The van der Waals surface area contributed by atoms with Crippen molar-refractivity contribution in [3.8, 4) is 0 Å². The van der Waals surface area contributed by atoms with Crippen LogP contribution in [0.5, 0.6) is 0 Å². The summed E-state index contributed by atoms with van der Waals surface area (Å²) in [6.45, 7) is 0.606. The third-order valence-electron chi connectivity index (χ3n) is 4.15. The summed E-state index contributed by atoms with van der Waals surface area (Å²) < 4.78 is 0. The summed E-state index contributed by atoms with van der Waals surface area (Å²) in [4.78, 5) is 16.5. The molecule has 0 bridgehead atoms. The van der Waals surface area contributed by atoms with E-state index in [0.29, 0.717) is 18.1 Å². The van der Waals surface area contributed by atoms with Crippen molar-refractivity contribution in [3.05, 3.63) is 97.0 Å². The lowest BCUT2D eigenvalue weighted by Crippen LogP contribution is -2.20. The molecule has 2 N–H and O–H groups in total. The molecule has 5 nitrogen and oxygen atoms in total. The maximum Gasteiger partial charge on any atom is 0.162 e. The van der Waals surface area contributed by atoms with Crippen LogP contribution >= 0.6 is 11.8 Å². The second-order valence-electron chi connectivity index (χ2n) is 6.09. The molecule has 0 fully saturated rings. The number of benzene rings is 2. The van der Waals surface area contributed by atoms with Gasteiger partial charge in [0, 0.05) is 11.1 Å². The highest BCUT2D eigenvalue weighted by molar-refractivity contribution is 7.99. The van der Waals surface area contributed by atoms with E-state index >= 15 is 0 Å². The van der Waals surface area contributed by atoms with Gasteiger partial charge in [-0.15, -0.1) is 0 Å². The van der Waals surface area contributed by atoms with E-state index in [4.69, 9.17) is 5.73 Å². The van der Waals surface area contributed by atoms with Crippen molar-refractivity contribution in [1.82, 2.24) is 15.0 Å². The number of rotatable bonds is 6. The number of nitrogens with zero attached hydrogens (tertiary/aromatic N) is 4. The molecule has 0 amide bonds. The van der Waals surface area contributed by atoms with Crippen LogP contribution in [-0.2, 0) is 6.54 Å². The Bertz CT molecular complexity index is 1030. The van der Waals surface area contributed by atoms with Gasteiger partial charge in [0.25, 0.3) is 0 Å². The first-order valence-electron chi connectivity index (χ1n) is 8.87. The van der Waals surface area contributed by atoms with Crippen molar-refractivity contribution in [1.29, 1.82) is 0 Å². The fraction of sp³-hybridized carbons (Fsp3) is 0.0455. The predicted molar refractivity (Wildman–Crippen MR) is 114 cm³/mol. The molecule has 0 atom stereocenters. The van der Waals surface area contributed by atoms with Gasteiger partial charge >= 0.3 is 0 Å². The first-order valence-corrected chi connectivity index (χ1v) is 9.69. The topological polar surface area (TPSA) is 67.9 Å². The summed E-state index contributed by atoms with van der Waals surface area (Å²) in [5, 5.41) is 0.727. The minimum atomic E-state index is 0.540. The molecule has 0 saturated heterocycles. The van der Waals surface area contributed by atoms with E-state index < -0.39 is 0 Å². The molecule has 0 unspecified atom stereocenters. The van der Waals surface area contributed by atoms with Crippen LogP contribution in [0.2, 0.25) is 0 Å². The molecule has 0 saturated carbocycles. The van der Waals surface area contributed by atoms with Crippen LogP contribution in [-0.4, -0.2) is 15.0 Å². The minimum Gasteiger partial charge on any atom is -0.394 e. The first kappa shape index (κ1) is 18.0. The molecule has 138 valence electrons. The molecular weight excluding hydrogens is 366 g/mol. The monoisotopic (exact) mass is 385 g/mol. The second kappa shape index (κ2) is 8.54. The lowest BCUT2D eigenvalue weighted by molar-refractivity contribution is 0.905. The molecule has 2 heterocycles. The standard InChI is InChI=1S/C22H19N5S/c23-20-21(25-16-26-22(20)28-18-11-5-2-6-12-18)27(19-13-7-8-14-24-19)15-17-9-3-1-4-10-17/h1-14,16H,15,23H2. The van der Waals surface area contributed by atoms with Gasteiger partial charge in [-0.3, -0.25) is 0 Å². The summed E-state index contributed by atoms with van der Waals surface area (Å²) in [5.41, 5.74) is 8.19. The number of aromatic nitrogens is 3. The van der Waals surface area contributed by atoms with Crippen molar-refractivity contribution >= 4 is 29.1 Å². The molecular formula is C22H19N5S. The highest BCUT2D eigenvalue weighted by Crippen LogP contribution is 2.36. The maximum atomic E-state index is 6.51. The molecule has 6 heteroatoms. The van der Waals surface area contributed by atoms with Crippen LogP contribution in [0.15, 0.2) is 101 Å². The average Bonchev–Trinajstić information content (AvgIpc) is 2.76. The lowest BCUT2D eigenvalue weighted by atomic mass is 10.2. The molecule has 0 aliphatic carbocycles. The molecule has 0 radical (unpaired) electrons. The van der Waals surface area contributed by atoms with E-state index in [9.17, 15) is 0 Å². The Morgan fingerprint density at radius 3 is 2.21 bits per heavy atom. The van der Waals surface area contributed by atoms with Crippen molar-refractivity contribution in [2.24, 2.45) is 0 Å². The van der Waals surface area contributed by atoms with Gasteiger partial charge in [-0.1, -0.05) is 66.4 Å². The van der Waals surface area contributed by atoms with Crippen LogP contribution in [0, 0.1) is 0 Å². The fourth-order valence-corrected chi connectivity index (χ4v) is 3.63. The Morgan fingerprint density at radius 1 is 0.786 bits per heavy atom. The first-order chi connectivity index (χ1) is 13.8. The normalized spacial score (nSPS) is 10.6. The van der Waals surface area contributed by atoms with Crippen LogP contribution in [0.3, 0.4) is 0 Å². The van der Waals surface area contributed by atoms with Crippen LogP contribution in [0.25, 0.3) is 0 Å². The van der Waals surface area contributed by atoms with E-state index in [1.54, 1.807) is 12.5 Å². The summed E-state index contributed by atoms with van der Waals surface area (Å²) in [6.07, 6.45) is 3.32. The number of nitrogens with two attached hydrogens (primary N) is 1.